The van der Waals surface area contributed by atoms with Gasteiger partial charge in [-0.25, -0.2) is 0 Å². The van der Waals surface area contributed by atoms with Gasteiger partial charge in [0.25, 0.3) is 0 Å². The van der Waals surface area contributed by atoms with Crippen molar-refractivity contribution in [2.75, 3.05) is 0 Å². The van der Waals surface area contributed by atoms with Gasteiger partial charge in [-0.3, -0.25) is 0 Å². The first-order chi connectivity index (χ1) is 6.50. The van der Waals surface area contributed by atoms with Crippen molar-refractivity contribution in [2.24, 2.45) is 0 Å². The molecule has 0 aliphatic heterocycles. The molecule has 0 aromatic carbocycles. The van der Waals surface area contributed by atoms with Crippen LogP contribution in [0.3, 0.4) is 0 Å². The summed E-state index contributed by atoms with van der Waals surface area (Å²) in [6, 6.07) is 0. The summed E-state index contributed by atoms with van der Waals surface area (Å²) in [6.45, 7) is 0. The molecule has 0 saturated heterocycles. The molecule has 0 N–H and O–H groups in total. The van der Waals surface area contributed by atoms with Gasteiger partial charge in [0.1, 0.15) is 0 Å². The van der Waals surface area contributed by atoms with Gasteiger partial charge in [-0.15, -0.1) is 0 Å². The van der Waals surface area contributed by atoms with Crippen molar-refractivity contribution in [1.29, 1.82) is 0 Å². The predicted octanol–water partition coefficient (Wildman–Crippen LogP) is 3.75. The fourth-order valence-electron chi connectivity index (χ4n) is 1.01. The van der Waals surface area contributed by atoms with Gasteiger partial charge < -0.3 is 0 Å². The number of hydrogen-bond donors (Lipinski definition) is 0. The summed E-state index contributed by atoms with van der Waals surface area (Å²) in [5.41, 5.74) is 0. The summed E-state index contributed by atoms with van der Waals surface area (Å²) in [5, 5.41) is 0. The average molecular weight is 171 g/mol. The Balaban J connectivity index is 2.49. The van der Waals surface area contributed by atoms with E-state index in [9.17, 15) is 0 Å². The van der Waals surface area contributed by atoms with Gasteiger partial charge in [-0.05, 0) is 25.3 Å². The van der Waals surface area contributed by atoms with Crippen LogP contribution in [0, 0.1) is 6.08 Å². The van der Waals surface area contributed by atoms with Gasteiger partial charge >= 0.3 is 0 Å². The molecule has 67 valence electrons. The zero-order valence-corrected chi connectivity index (χ0v) is 7.82. The monoisotopic (exact) mass is 171 g/mol. The fourth-order valence-corrected chi connectivity index (χ4v) is 1.01. The molecule has 0 heterocycles. The van der Waals surface area contributed by atoms with Crippen LogP contribution in [-0.2, 0) is 0 Å². The van der Waals surface area contributed by atoms with E-state index in [0.29, 0.717) is 0 Å². The normalized spacial score (nSPS) is 30.2. The average Bonchev–Trinajstić information content (AvgIpc) is 2.18. The van der Waals surface area contributed by atoms with Crippen LogP contribution in [0.15, 0.2) is 54.7 Å². The highest BCUT2D eigenvalue weighted by Gasteiger charge is 1.75. The van der Waals surface area contributed by atoms with Gasteiger partial charge in [-0.1, -0.05) is 54.7 Å². The quantitative estimate of drug-likeness (QED) is 0.520. The van der Waals surface area contributed by atoms with Crippen molar-refractivity contribution in [3.63, 3.8) is 0 Å². The molecule has 0 aromatic heterocycles. The van der Waals surface area contributed by atoms with Crippen LogP contribution in [0.1, 0.15) is 19.3 Å². The second kappa shape index (κ2) is 7.35. The summed E-state index contributed by atoms with van der Waals surface area (Å²) >= 11 is 0. The molecular weight excluding hydrogens is 156 g/mol. The minimum absolute atomic E-state index is 0.887. The molecule has 0 aromatic rings. The number of allylic oxidation sites excluding steroid dienone is 10. The molecule has 1 aliphatic rings. The second-order valence-corrected chi connectivity index (χ2v) is 2.82. The van der Waals surface area contributed by atoms with Gasteiger partial charge in [0.15, 0.2) is 0 Å². The van der Waals surface area contributed by atoms with Gasteiger partial charge in [-0.2, -0.15) is 0 Å². The molecule has 0 nitrogen and oxygen atoms in total. The zero-order valence-electron chi connectivity index (χ0n) is 7.82. The van der Waals surface area contributed by atoms with Crippen molar-refractivity contribution in [2.45, 2.75) is 19.3 Å². The molecule has 0 unspecified atom stereocenters. The minimum Gasteiger partial charge on any atom is -0.0842 e. The number of rotatable bonds is 0. The van der Waals surface area contributed by atoms with E-state index in [1.165, 1.54) is 0 Å². The lowest BCUT2D eigenvalue weighted by Crippen LogP contribution is -1.62. The van der Waals surface area contributed by atoms with Crippen molar-refractivity contribution >= 4 is 0 Å². The Morgan fingerprint density at radius 3 is 2.23 bits per heavy atom. The van der Waals surface area contributed by atoms with Crippen LogP contribution in [0.5, 0.6) is 0 Å². The Kier molecular flexibility index (Phi) is 5.54. The lowest BCUT2D eigenvalue weighted by molar-refractivity contribution is 1.05. The standard InChI is InChI=1S/C13H15/c1-2-4-6-8-10-12-13-11-9-7-5-3-1/h1-5,10-13H,6,8-9H2/b3-1-,4-2+,7-5?,12-10+,13-11+. The van der Waals surface area contributed by atoms with Crippen LogP contribution < -0.4 is 0 Å². The molecule has 1 aliphatic carbocycles. The second-order valence-electron chi connectivity index (χ2n) is 2.82. The maximum Gasteiger partial charge on any atom is -0.00915 e. The Labute approximate surface area is 80.7 Å². The van der Waals surface area contributed by atoms with Gasteiger partial charge in [0.2, 0.25) is 0 Å². The predicted molar refractivity (Wildman–Crippen MR) is 58.2 cm³/mol. The van der Waals surface area contributed by atoms with E-state index in [1.54, 1.807) is 0 Å². The first kappa shape index (κ1) is 9.79. The van der Waals surface area contributed by atoms with E-state index in [-0.39, 0.29) is 0 Å². The first-order valence-electron chi connectivity index (χ1n) is 4.70. The minimum atomic E-state index is 0.887. The molecule has 1 radical (unpaired) electrons. The van der Waals surface area contributed by atoms with Crippen LogP contribution in [0.2, 0.25) is 0 Å². The SMILES string of the molecule is [C]1=C/C=C\C=C\CC/C=C/C=C/C/1. The number of hydrogen-bond acceptors (Lipinski definition) is 0. The van der Waals surface area contributed by atoms with E-state index >= 15 is 0 Å². The largest absolute Gasteiger partial charge is 0.0842 e. The zero-order chi connectivity index (χ0) is 9.19. The smallest absolute Gasteiger partial charge is 0.00915 e. The summed E-state index contributed by atoms with van der Waals surface area (Å²) in [5.74, 6) is 0. The van der Waals surface area contributed by atoms with E-state index in [2.05, 4.69) is 42.5 Å². The fraction of sp³-hybridized carbons (Fsp3) is 0.231. The Morgan fingerprint density at radius 1 is 0.692 bits per heavy atom. The summed E-state index contributed by atoms with van der Waals surface area (Å²) in [6.07, 6.45) is 25.0. The highest BCUT2D eigenvalue weighted by Crippen LogP contribution is 1.95. The van der Waals surface area contributed by atoms with Crippen LogP contribution in [0.25, 0.3) is 0 Å². The van der Waals surface area contributed by atoms with E-state index in [0.717, 1.165) is 19.3 Å². The molecule has 0 heteroatoms. The molecule has 13 heavy (non-hydrogen) atoms. The van der Waals surface area contributed by atoms with E-state index < -0.39 is 0 Å². The van der Waals surface area contributed by atoms with Gasteiger partial charge in [0, 0.05) is 0 Å². The Morgan fingerprint density at radius 2 is 1.38 bits per heavy atom. The van der Waals surface area contributed by atoms with Crippen LogP contribution in [0.4, 0.5) is 0 Å². The van der Waals surface area contributed by atoms with Crippen LogP contribution >= 0.6 is 0 Å². The van der Waals surface area contributed by atoms with Crippen molar-refractivity contribution < 1.29 is 0 Å². The molecule has 1 rings (SSSR count). The molecule has 0 amide bonds. The molecular formula is C13H15. The van der Waals surface area contributed by atoms with Crippen molar-refractivity contribution in [3.8, 4) is 0 Å². The highest BCUT2D eigenvalue weighted by atomic mass is 13.8. The molecule has 0 saturated carbocycles. The third-order valence-electron chi connectivity index (χ3n) is 1.69. The molecule has 0 fully saturated rings. The van der Waals surface area contributed by atoms with Crippen molar-refractivity contribution in [1.82, 2.24) is 0 Å². The van der Waals surface area contributed by atoms with Crippen molar-refractivity contribution in [3.05, 3.63) is 60.8 Å². The summed E-state index contributed by atoms with van der Waals surface area (Å²) in [7, 11) is 0. The third-order valence-corrected chi connectivity index (χ3v) is 1.69. The van der Waals surface area contributed by atoms with Crippen LogP contribution in [-0.4, -0.2) is 0 Å². The lowest BCUT2D eigenvalue weighted by atomic mass is 10.2. The Hall–Kier alpha value is -1.30. The highest BCUT2D eigenvalue weighted by molar-refractivity contribution is 5.12. The Bertz CT molecular complexity index is 249. The maximum absolute atomic E-state index is 3.16. The first-order valence-corrected chi connectivity index (χ1v) is 4.70. The van der Waals surface area contributed by atoms with Gasteiger partial charge in [0.05, 0.1) is 0 Å². The maximum atomic E-state index is 3.16. The summed E-state index contributed by atoms with van der Waals surface area (Å²) in [4.78, 5) is 0. The molecule has 0 bridgehead atoms. The lowest BCUT2D eigenvalue weighted by Gasteiger charge is -1.83. The summed E-state index contributed by atoms with van der Waals surface area (Å²) < 4.78 is 0. The van der Waals surface area contributed by atoms with E-state index in [4.69, 9.17) is 0 Å². The molecule has 0 atom stereocenters. The van der Waals surface area contributed by atoms with E-state index in [1.807, 2.05) is 18.2 Å². The molecule has 0 spiro atoms. The topological polar surface area (TPSA) is 0 Å². The third kappa shape index (κ3) is 5.92.